The fourth-order valence-corrected chi connectivity index (χ4v) is 2.84. The second-order valence-electron chi connectivity index (χ2n) is 4.90. The maximum absolute atomic E-state index is 10.7. The summed E-state index contributed by atoms with van der Waals surface area (Å²) in [5.74, 6) is 0. The highest BCUT2D eigenvalue weighted by Crippen LogP contribution is 2.26. The third-order valence-electron chi connectivity index (χ3n) is 3.62. The van der Waals surface area contributed by atoms with Crippen LogP contribution in [-0.2, 0) is 6.54 Å². The molecule has 1 aliphatic rings. The molecule has 1 aromatic carbocycles. The predicted octanol–water partition coefficient (Wildman–Crippen LogP) is 2.56. The highest BCUT2D eigenvalue weighted by Gasteiger charge is 2.21. The molecule has 1 atom stereocenters. The Kier molecular flexibility index (Phi) is 4.74. The smallest absolute Gasteiger partial charge is 0.287 e. The van der Waals surface area contributed by atoms with E-state index in [2.05, 4.69) is 4.90 Å². The van der Waals surface area contributed by atoms with E-state index in [1.807, 2.05) is 0 Å². The first-order valence-electron chi connectivity index (χ1n) is 6.48. The highest BCUT2D eigenvalue weighted by atomic mass is 35.5. The zero-order valence-corrected chi connectivity index (χ0v) is 11.5. The molecular weight excluding hydrogens is 266 g/mol. The minimum atomic E-state index is -0.463. The lowest BCUT2D eigenvalue weighted by atomic mass is 10.0. The van der Waals surface area contributed by atoms with Gasteiger partial charge in [0.25, 0.3) is 5.69 Å². The van der Waals surface area contributed by atoms with Gasteiger partial charge in [-0.25, -0.2) is 0 Å². The number of nitrogens with zero attached hydrogens (tertiary/aromatic N) is 2. The molecule has 1 aliphatic heterocycles. The van der Waals surface area contributed by atoms with Crippen LogP contribution in [0.4, 0.5) is 5.69 Å². The molecule has 0 spiro atoms. The zero-order chi connectivity index (χ0) is 13.8. The maximum Gasteiger partial charge on any atom is 0.287 e. The van der Waals surface area contributed by atoms with Gasteiger partial charge in [-0.2, -0.15) is 0 Å². The number of benzene rings is 1. The summed E-state index contributed by atoms with van der Waals surface area (Å²) in [5.41, 5.74) is 6.74. The van der Waals surface area contributed by atoms with E-state index in [0.29, 0.717) is 12.6 Å². The Balaban J connectivity index is 2.10. The normalized spacial score (nSPS) is 20.4. The van der Waals surface area contributed by atoms with E-state index in [1.165, 1.54) is 18.9 Å². The van der Waals surface area contributed by atoms with E-state index in [-0.39, 0.29) is 10.7 Å². The molecule has 6 heteroatoms. The lowest BCUT2D eigenvalue weighted by Gasteiger charge is -2.35. The molecular formula is C13H18ClN3O2. The van der Waals surface area contributed by atoms with Gasteiger partial charge in [0.1, 0.15) is 5.02 Å². The summed E-state index contributed by atoms with van der Waals surface area (Å²) in [6.45, 7) is 2.43. The van der Waals surface area contributed by atoms with E-state index in [1.54, 1.807) is 12.1 Å². The first-order valence-corrected chi connectivity index (χ1v) is 6.86. The van der Waals surface area contributed by atoms with Crippen molar-refractivity contribution in [1.82, 2.24) is 4.90 Å². The quantitative estimate of drug-likeness (QED) is 0.681. The summed E-state index contributed by atoms with van der Waals surface area (Å²) >= 11 is 5.93. The van der Waals surface area contributed by atoms with E-state index in [4.69, 9.17) is 17.3 Å². The number of halogens is 1. The summed E-state index contributed by atoms with van der Waals surface area (Å²) < 4.78 is 0. The van der Waals surface area contributed by atoms with E-state index >= 15 is 0 Å². The van der Waals surface area contributed by atoms with Crippen molar-refractivity contribution >= 4 is 17.3 Å². The zero-order valence-electron chi connectivity index (χ0n) is 10.7. The second kappa shape index (κ2) is 6.32. The Morgan fingerprint density at radius 1 is 1.47 bits per heavy atom. The SMILES string of the molecule is NCC1CCCCN1Cc1ccc([N+](=O)[O-])c(Cl)c1. The van der Waals surface area contributed by atoms with Gasteiger partial charge in [0, 0.05) is 25.2 Å². The van der Waals surface area contributed by atoms with Gasteiger partial charge in [-0.1, -0.05) is 24.1 Å². The van der Waals surface area contributed by atoms with Gasteiger partial charge in [0.15, 0.2) is 0 Å². The van der Waals surface area contributed by atoms with Crippen molar-refractivity contribution in [3.8, 4) is 0 Å². The Labute approximate surface area is 117 Å². The molecule has 5 nitrogen and oxygen atoms in total. The number of rotatable bonds is 4. The molecule has 1 saturated heterocycles. The summed E-state index contributed by atoms with van der Waals surface area (Å²) in [6.07, 6.45) is 3.52. The Morgan fingerprint density at radius 3 is 2.89 bits per heavy atom. The van der Waals surface area contributed by atoms with Crippen LogP contribution in [0.25, 0.3) is 0 Å². The van der Waals surface area contributed by atoms with Crippen LogP contribution in [0.5, 0.6) is 0 Å². The van der Waals surface area contributed by atoms with Crippen molar-refractivity contribution in [1.29, 1.82) is 0 Å². The number of likely N-dealkylation sites (tertiary alicyclic amines) is 1. The lowest BCUT2D eigenvalue weighted by molar-refractivity contribution is -0.384. The van der Waals surface area contributed by atoms with Gasteiger partial charge in [-0.05, 0) is 31.0 Å². The van der Waals surface area contributed by atoms with Crippen LogP contribution in [0, 0.1) is 10.1 Å². The van der Waals surface area contributed by atoms with Crippen molar-refractivity contribution in [3.05, 3.63) is 38.9 Å². The number of nitro benzene ring substituents is 1. The van der Waals surface area contributed by atoms with Crippen molar-refractivity contribution in [3.63, 3.8) is 0 Å². The number of nitrogens with two attached hydrogens (primary N) is 1. The molecule has 1 heterocycles. The summed E-state index contributed by atoms with van der Waals surface area (Å²) in [4.78, 5) is 12.6. The monoisotopic (exact) mass is 283 g/mol. The molecule has 1 fully saturated rings. The van der Waals surface area contributed by atoms with Crippen LogP contribution in [0.15, 0.2) is 18.2 Å². The van der Waals surface area contributed by atoms with Crippen LogP contribution >= 0.6 is 11.6 Å². The molecule has 0 saturated carbocycles. The van der Waals surface area contributed by atoms with Gasteiger partial charge in [0.05, 0.1) is 4.92 Å². The average Bonchev–Trinajstić information content (AvgIpc) is 2.39. The van der Waals surface area contributed by atoms with Crippen molar-refractivity contribution in [2.75, 3.05) is 13.1 Å². The summed E-state index contributed by atoms with van der Waals surface area (Å²) in [6, 6.07) is 5.33. The first-order chi connectivity index (χ1) is 9.11. The molecule has 2 rings (SSSR count). The third kappa shape index (κ3) is 3.43. The fourth-order valence-electron chi connectivity index (χ4n) is 2.57. The van der Waals surface area contributed by atoms with Crippen LogP contribution in [0.1, 0.15) is 24.8 Å². The topological polar surface area (TPSA) is 72.4 Å². The van der Waals surface area contributed by atoms with Crippen LogP contribution < -0.4 is 5.73 Å². The standard InChI is InChI=1S/C13H18ClN3O2/c14-12-7-10(4-5-13(12)17(18)19)9-16-6-2-1-3-11(16)8-15/h4-5,7,11H,1-3,6,8-9,15H2. The van der Waals surface area contributed by atoms with Crippen LogP contribution in [-0.4, -0.2) is 29.0 Å². The lowest BCUT2D eigenvalue weighted by Crippen LogP contribution is -2.43. The van der Waals surface area contributed by atoms with Crippen LogP contribution in [0.2, 0.25) is 5.02 Å². The Hall–Kier alpha value is -1.17. The number of hydrogen-bond donors (Lipinski definition) is 1. The fraction of sp³-hybridized carbons (Fsp3) is 0.538. The van der Waals surface area contributed by atoms with E-state index in [0.717, 1.165) is 25.1 Å². The molecule has 2 N–H and O–H groups in total. The van der Waals surface area contributed by atoms with Crippen molar-refractivity contribution < 1.29 is 4.92 Å². The molecule has 0 amide bonds. The van der Waals surface area contributed by atoms with E-state index in [9.17, 15) is 10.1 Å². The van der Waals surface area contributed by atoms with E-state index < -0.39 is 4.92 Å². The second-order valence-corrected chi connectivity index (χ2v) is 5.31. The molecule has 1 aromatic rings. The van der Waals surface area contributed by atoms with Gasteiger partial charge in [0.2, 0.25) is 0 Å². The Morgan fingerprint density at radius 2 is 2.26 bits per heavy atom. The summed E-state index contributed by atoms with van der Waals surface area (Å²) in [5, 5.41) is 10.9. The van der Waals surface area contributed by atoms with Crippen molar-refractivity contribution in [2.24, 2.45) is 5.73 Å². The molecule has 0 bridgehead atoms. The number of hydrogen-bond acceptors (Lipinski definition) is 4. The minimum Gasteiger partial charge on any atom is -0.329 e. The van der Waals surface area contributed by atoms with Gasteiger partial charge in [-0.3, -0.25) is 15.0 Å². The summed E-state index contributed by atoms with van der Waals surface area (Å²) in [7, 11) is 0. The van der Waals surface area contributed by atoms with Gasteiger partial charge in [-0.15, -0.1) is 0 Å². The third-order valence-corrected chi connectivity index (χ3v) is 3.92. The first kappa shape index (κ1) is 14.2. The number of nitro groups is 1. The molecule has 0 radical (unpaired) electrons. The van der Waals surface area contributed by atoms with Crippen molar-refractivity contribution in [2.45, 2.75) is 31.8 Å². The van der Waals surface area contributed by atoms with Crippen LogP contribution in [0.3, 0.4) is 0 Å². The molecule has 0 aromatic heterocycles. The molecule has 19 heavy (non-hydrogen) atoms. The predicted molar refractivity (Wildman–Crippen MR) is 75.2 cm³/mol. The average molecular weight is 284 g/mol. The molecule has 0 aliphatic carbocycles. The molecule has 104 valence electrons. The minimum absolute atomic E-state index is 0.0422. The largest absolute Gasteiger partial charge is 0.329 e. The number of piperidine rings is 1. The Bertz CT molecular complexity index is 467. The highest BCUT2D eigenvalue weighted by molar-refractivity contribution is 6.32. The van der Waals surface area contributed by atoms with Gasteiger partial charge < -0.3 is 5.73 Å². The maximum atomic E-state index is 10.7. The molecule has 1 unspecified atom stereocenters. The van der Waals surface area contributed by atoms with Gasteiger partial charge >= 0.3 is 0 Å².